The van der Waals surface area contributed by atoms with E-state index < -0.39 is 6.04 Å². The van der Waals surface area contributed by atoms with Crippen molar-refractivity contribution in [2.24, 2.45) is 0 Å². The molecular formula is C20H21N5O4. The molecular weight excluding hydrogens is 374 g/mol. The quantitative estimate of drug-likeness (QED) is 0.695. The molecule has 1 saturated heterocycles. The maximum Gasteiger partial charge on any atom is 0.243 e. The van der Waals surface area contributed by atoms with Gasteiger partial charge in [0.05, 0.1) is 18.5 Å². The van der Waals surface area contributed by atoms with Gasteiger partial charge in [0, 0.05) is 24.2 Å². The number of hydrogen-bond acceptors (Lipinski definition) is 7. The van der Waals surface area contributed by atoms with Gasteiger partial charge in [0.2, 0.25) is 23.5 Å². The second-order valence-corrected chi connectivity index (χ2v) is 6.96. The Balaban J connectivity index is 1.52. The largest absolute Gasteiger partial charge is 0.361 e. The van der Waals surface area contributed by atoms with Gasteiger partial charge in [0.15, 0.2) is 0 Å². The van der Waals surface area contributed by atoms with Crippen LogP contribution in [0.15, 0.2) is 39.4 Å². The molecule has 1 atom stereocenters. The molecule has 9 nitrogen and oxygen atoms in total. The summed E-state index contributed by atoms with van der Waals surface area (Å²) in [5, 5.41) is 10.7. The van der Waals surface area contributed by atoms with Crippen LogP contribution in [0.1, 0.15) is 22.9 Å². The zero-order valence-corrected chi connectivity index (χ0v) is 16.2. The van der Waals surface area contributed by atoms with E-state index in [-0.39, 0.29) is 24.7 Å². The van der Waals surface area contributed by atoms with Gasteiger partial charge in [-0.05, 0) is 13.8 Å². The lowest BCUT2D eigenvalue weighted by Gasteiger charge is -2.34. The van der Waals surface area contributed by atoms with Crippen LogP contribution >= 0.6 is 0 Å². The standard InChI is InChI=1S/C20H21N5O4/c1-12-15(13(2)28-23-12)10-18(26)25-9-8-21-20(27)16(25)11-17-22-19(24-29-17)14-6-4-3-5-7-14/h3-7,16H,8-11H2,1-2H3,(H,21,27). The van der Waals surface area contributed by atoms with Crippen molar-refractivity contribution in [2.75, 3.05) is 13.1 Å². The number of nitrogens with one attached hydrogen (secondary N) is 1. The topological polar surface area (TPSA) is 114 Å². The molecule has 4 rings (SSSR count). The lowest BCUT2D eigenvalue weighted by Crippen LogP contribution is -2.58. The summed E-state index contributed by atoms with van der Waals surface area (Å²) in [7, 11) is 0. The summed E-state index contributed by atoms with van der Waals surface area (Å²) in [6.45, 7) is 4.38. The molecule has 1 N–H and O–H groups in total. The molecule has 3 aromatic rings. The van der Waals surface area contributed by atoms with Gasteiger partial charge in [-0.2, -0.15) is 4.98 Å². The number of carbonyl (C=O) groups excluding carboxylic acids is 2. The van der Waals surface area contributed by atoms with Crippen molar-refractivity contribution in [1.82, 2.24) is 25.5 Å². The molecule has 1 aliphatic heterocycles. The summed E-state index contributed by atoms with van der Waals surface area (Å²) < 4.78 is 10.5. The Bertz CT molecular complexity index is 1010. The maximum absolute atomic E-state index is 13.0. The molecule has 2 amide bonds. The molecule has 0 aliphatic carbocycles. The van der Waals surface area contributed by atoms with Gasteiger partial charge in [0.25, 0.3) is 0 Å². The zero-order chi connectivity index (χ0) is 20.4. The number of carbonyl (C=O) groups is 2. The molecule has 1 aliphatic rings. The highest BCUT2D eigenvalue weighted by molar-refractivity contribution is 5.89. The van der Waals surface area contributed by atoms with Gasteiger partial charge in [-0.15, -0.1) is 0 Å². The molecule has 1 fully saturated rings. The average Bonchev–Trinajstić information content (AvgIpc) is 3.32. The Morgan fingerprint density at radius 1 is 1.21 bits per heavy atom. The van der Waals surface area contributed by atoms with E-state index in [2.05, 4.69) is 20.6 Å². The molecule has 0 saturated carbocycles. The molecule has 9 heteroatoms. The molecule has 3 heterocycles. The first-order valence-electron chi connectivity index (χ1n) is 9.40. The van der Waals surface area contributed by atoms with Crippen LogP contribution in [0, 0.1) is 13.8 Å². The van der Waals surface area contributed by atoms with Crippen LogP contribution in [-0.2, 0) is 22.4 Å². The van der Waals surface area contributed by atoms with Crippen molar-refractivity contribution in [2.45, 2.75) is 32.7 Å². The van der Waals surface area contributed by atoms with Crippen molar-refractivity contribution in [3.05, 3.63) is 53.2 Å². The van der Waals surface area contributed by atoms with Crippen molar-refractivity contribution in [3.63, 3.8) is 0 Å². The lowest BCUT2D eigenvalue weighted by atomic mass is 10.1. The first-order chi connectivity index (χ1) is 14.0. The van der Waals surface area contributed by atoms with Gasteiger partial charge >= 0.3 is 0 Å². The van der Waals surface area contributed by atoms with Crippen LogP contribution < -0.4 is 5.32 Å². The second-order valence-electron chi connectivity index (χ2n) is 6.96. The van der Waals surface area contributed by atoms with E-state index >= 15 is 0 Å². The van der Waals surface area contributed by atoms with Crippen molar-refractivity contribution < 1.29 is 18.6 Å². The average molecular weight is 395 g/mol. The van der Waals surface area contributed by atoms with E-state index in [4.69, 9.17) is 9.05 Å². The Morgan fingerprint density at radius 2 is 2.00 bits per heavy atom. The SMILES string of the molecule is Cc1noc(C)c1CC(=O)N1CCNC(=O)C1Cc1nc(-c2ccccc2)no1. The van der Waals surface area contributed by atoms with E-state index in [1.807, 2.05) is 30.3 Å². The number of rotatable bonds is 5. The molecule has 29 heavy (non-hydrogen) atoms. The molecule has 0 spiro atoms. The zero-order valence-electron chi connectivity index (χ0n) is 16.2. The normalized spacial score (nSPS) is 16.7. The first kappa shape index (κ1) is 18.9. The first-order valence-corrected chi connectivity index (χ1v) is 9.40. The monoisotopic (exact) mass is 395 g/mol. The minimum Gasteiger partial charge on any atom is -0.361 e. The Morgan fingerprint density at radius 3 is 2.72 bits per heavy atom. The van der Waals surface area contributed by atoms with E-state index in [1.54, 1.807) is 18.7 Å². The van der Waals surface area contributed by atoms with Gasteiger partial charge in [-0.1, -0.05) is 40.6 Å². The minimum absolute atomic E-state index is 0.129. The number of nitrogens with zero attached hydrogens (tertiary/aromatic N) is 4. The van der Waals surface area contributed by atoms with Crippen molar-refractivity contribution in [3.8, 4) is 11.4 Å². The predicted octanol–water partition coefficient (Wildman–Crippen LogP) is 1.45. The van der Waals surface area contributed by atoms with Gasteiger partial charge < -0.3 is 19.3 Å². The summed E-state index contributed by atoms with van der Waals surface area (Å²) in [6.07, 6.45) is 0.281. The fraction of sp³-hybridized carbons (Fsp3) is 0.350. The van der Waals surface area contributed by atoms with Crippen LogP contribution in [0.25, 0.3) is 11.4 Å². The molecule has 1 aromatic carbocycles. The second kappa shape index (κ2) is 7.86. The molecule has 0 bridgehead atoms. The fourth-order valence-corrected chi connectivity index (χ4v) is 3.43. The third-order valence-corrected chi connectivity index (χ3v) is 5.03. The molecule has 2 aromatic heterocycles. The molecule has 0 radical (unpaired) electrons. The van der Waals surface area contributed by atoms with Crippen LogP contribution in [0.2, 0.25) is 0 Å². The Hall–Kier alpha value is -3.49. The smallest absolute Gasteiger partial charge is 0.243 e. The Labute approximate surface area is 167 Å². The highest BCUT2D eigenvalue weighted by atomic mass is 16.5. The molecule has 150 valence electrons. The van der Waals surface area contributed by atoms with Gasteiger partial charge in [-0.25, -0.2) is 0 Å². The molecule has 1 unspecified atom stereocenters. The lowest BCUT2D eigenvalue weighted by molar-refractivity contribution is -0.142. The number of benzene rings is 1. The maximum atomic E-state index is 13.0. The number of piperazine rings is 1. The van der Waals surface area contributed by atoms with Crippen LogP contribution in [0.3, 0.4) is 0 Å². The van der Waals surface area contributed by atoms with E-state index in [0.29, 0.717) is 36.3 Å². The number of aromatic nitrogens is 3. The van der Waals surface area contributed by atoms with E-state index in [9.17, 15) is 9.59 Å². The van der Waals surface area contributed by atoms with Crippen molar-refractivity contribution in [1.29, 1.82) is 0 Å². The number of hydrogen-bond donors (Lipinski definition) is 1. The predicted molar refractivity (Wildman–Crippen MR) is 102 cm³/mol. The third-order valence-electron chi connectivity index (χ3n) is 5.03. The number of amides is 2. The fourth-order valence-electron chi connectivity index (χ4n) is 3.43. The summed E-state index contributed by atoms with van der Waals surface area (Å²) >= 11 is 0. The van der Waals surface area contributed by atoms with E-state index in [0.717, 1.165) is 11.1 Å². The highest BCUT2D eigenvalue weighted by Crippen LogP contribution is 2.19. The van der Waals surface area contributed by atoms with Crippen LogP contribution in [0.4, 0.5) is 0 Å². The Kier molecular flexibility index (Phi) is 5.11. The van der Waals surface area contributed by atoms with Crippen LogP contribution in [-0.4, -0.2) is 51.1 Å². The number of aryl methyl sites for hydroxylation is 2. The summed E-state index contributed by atoms with van der Waals surface area (Å²) in [4.78, 5) is 31.4. The van der Waals surface area contributed by atoms with Gasteiger partial charge in [-0.3, -0.25) is 9.59 Å². The summed E-state index contributed by atoms with van der Waals surface area (Å²) in [5.41, 5.74) is 2.25. The van der Waals surface area contributed by atoms with Crippen LogP contribution in [0.5, 0.6) is 0 Å². The van der Waals surface area contributed by atoms with Crippen molar-refractivity contribution >= 4 is 11.8 Å². The van der Waals surface area contributed by atoms with E-state index in [1.165, 1.54) is 0 Å². The highest BCUT2D eigenvalue weighted by Gasteiger charge is 2.35. The summed E-state index contributed by atoms with van der Waals surface area (Å²) in [5.74, 6) is 0.967. The third kappa shape index (κ3) is 3.89. The minimum atomic E-state index is -0.708. The summed E-state index contributed by atoms with van der Waals surface area (Å²) in [6, 6.07) is 8.72. The van der Waals surface area contributed by atoms with Gasteiger partial charge in [0.1, 0.15) is 11.8 Å².